The zero-order chi connectivity index (χ0) is 14.7. The minimum Gasteiger partial charge on any atom is -0.478 e. The fraction of sp³-hybridized carbons (Fsp3) is 0.294. The minimum atomic E-state index is -0.921. The van der Waals surface area contributed by atoms with Crippen molar-refractivity contribution >= 4 is 22.7 Å². The lowest BCUT2D eigenvalue weighted by molar-refractivity contribution is 0.0699. The molecule has 0 saturated heterocycles. The van der Waals surface area contributed by atoms with Gasteiger partial charge in [0.2, 0.25) is 0 Å². The lowest BCUT2D eigenvalue weighted by atomic mass is 10.1. The predicted molar refractivity (Wildman–Crippen MR) is 83.7 cm³/mol. The molecule has 3 rings (SSSR count). The van der Waals surface area contributed by atoms with Crippen molar-refractivity contribution in [1.82, 2.24) is 4.98 Å². The molecular weight excluding hydrogens is 264 g/mol. The van der Waals surface area contributed by atoms with E-state index in [1.807, 2.05) is 18.2 Å². The van der Waals surface area contributed by atoms with E-state index in [-0.39, 0.29) is 0 Å². The van der Waals surface area contributed by atoms with Crippen LogP contribution in [0, 0.1) is 0 Å². The number of allylic oxidation sites excluding steroid dienone is 1. The molecular formula is C17H18N2O2. The molecule has 2 N–H and O–H groups in total. The Morgan fingerprint density at radius 2 is 2.19 bits per heavy atom. The Hall–Kier alpha value is -2.36. The molecule has 0 radical (unpaired) electrons. The van der Waals surface area contributed by atoms with Gasteiger partial charge in [-0.15, -0.1) is 0 Å². The number of anilines is 1. The smallest absolute Gasteiger partial charge is 0.336 e. The molecule has 1 aromatic carbocycles. The third-order valence-corrected chi connectivity index (χ3v) is 3.83. The van der Waals surface area contributed by atoms with Gasteiger partial charge >= 0.3 is 5.97 Å². The first-order valence-electron chi connectivity index (χ1n) is 7.29. The SMILES string of the molecule is O=C(O)c1cc(NCCC2=CCCC2)nc2ccccc12. The highest BCUT2D eigenvalue weighted by molar-refractivity contribution is 6.03. The second kappa shape index (κ2) is 5.95. The molecule has 0 spiro atoms. The molecule has 2 aromatic rings. The first kappa shape index (κ1) is 13.6. The first-order chi connectivity index (χ1) is 10.2. The molecule has 0 bridgehead atoms. The van der Waals surface area contributed by atoms with Crippen molar-refractivity contribution in [3.63, 3.8) is 0 Å². The number of carboxylic acids is 1. The predicted octanol–water partition coefficient (Wildman–Crippen LogP) is 3.85. The van der Waals surface area contributed by atoms with Gasteiger partial charge in [0, 0.05) is 11.9 Å². The van der Waals surface area contributed by atoms with Crippen LogP contribution in [-0.4, -0.2) is 22.6 Å². The highest BCUT2D eigenvalue weighted by Gasteiger charge is 2.11. The van der Waals surface area contributed by atoms with E-state index in [2.05, 4.69) is 16.4 Å². The molecule has 21 heavy (non-hydrogen) atoms. The van der Waals surface area contributed by atoms with Gasteiger partial charge in [0.05, 0.1) is 11.1 Å². The largest absolute Gasteiger partial charge is 0.478 e. The van der Waals surface area contributed by atoms with Gasteiger partial charge in [-0.05, 0) is 37.8 Å². The number of pyridine rings is 1. The third kappa shape index (κ3) is 3.05. The van der Waals surface area contributed by atoms with Crippen LogP contribution in [0.3, 0.4) is 0 Å². The van der Waals surface area contributed by atoms with E-state index < -0.39 is 5.97 Å². The maximum atomic E-state index is 11.4. The summed E-state index contributed by atoms with van der Waals surface area (Å²) in [5, 5.41) is 13.3. The second-order valence-electron chi connectivity index (χ2n) is 5.31. The standard InChI is InChI=1S/C17H18N2O2/c20-17(21)14-11-16(18-10-9-12-5-1-2-6-12)19-15-8-4-3-7-13(14)15/h3-5,7-8,11H,1-2,6,9-10H2,(H,18,19)(H,20,21). The van der Waals surface area contributed by atoms with Crippen LogP contribution in [0.1, 0.15) is 36.0 Å². The fourth-order valence-corrected chi connectivity index (χ4v) is 2.76. The first-order valence-corrected chi connectivity index (χ1v) is 7.29. The fourth-order valence-electron chi connectivity index (χ4n) is 2.76. The summed E-state index contributed by atoms with van der Waals surface area (Å²) in [5.41, 5.74) is 2.49. The molecule has 4 nitrogen and oxygen atoms in total. The van der Waals surface area contributed by atoms with E-state index in [0.29, 0.717) is 22.3 Å². The van der Waals surface area contributed by atoms with Crippen LogP contribution in [0.4, 0.5) is 5.82 Å². The number of rotatable bonds is 5. The Labute approximate surface area is 123 Å². The van der Waals surface area contributed by atoms with Gasteiger partial charge in [0.15, 0.2) is 0 Å². The summed E-state index contributed by atoms with van der Waals surface area (Å²) in [4.78, 5) is 15.9. The van der Waals surface area contributed by atoms with Gasteiger partial charge in [0.1, 0.15) is 5.82 Å². The molecule has 0 fully saturated rings. The average Bonchev–Trinajstić information content (AvgIpc) is 2.99. The zero-order valence-electron chi connectivity index (χ0n) is 11.8. The number of para-hydroxylation sites is 1. The van der Waals surface area contributed by atoms with Crippen molar-refractivity contribution < 1.29 is 9.90 Å². The van der Waals surface area contributed by atoms with Crippen molar-refractivity contribution in [2.45, 2.75) is 25.7 Å². The number of aromatic carboxylic acids is 1. The maximum absolute atomic E-state index is 11.4. The van der Waals surface area contributed by atoms with Crippen LogP contribution in [0.15, 0.2) is 42.0 Å². The van der Waals surface area contributed by atoms with E-state index in [1.54, 1.807) is 12.1 Å². The summed E-state index contributed by atoms with van der Waals surface area (Å²) < 4.78 is 0. The number of carbonyl (C=O) groups is 1. The molecule has 0 atom stereocenters. The quantitative estimate of drug-likeness (QED) is 0.818. The molecule has 0 saturated carbocycles. The Bertz CT molecular complexity index is 707. The normalized spacial score (nSPS) is 14.2. The molecule has 1 aliphatic rings. The van der Waals surface area contributed by atoms with Gasteiger partial charge in [0.25, 0.3) is 0 Å². The van der Waals surface area contributed by atoms with Crippen LogP contribution < -0.4 is 5.32 Å². The van der Waals surface area contributed by atoms with Crippen LogP contribution in [-0.2, 0) is 0 Å². The van der Waals surface area contributed by atoms with Crippen LogP contribution >= 0.6 is 0 Å². The van der Waals surface area contributed by atoms with E-state index in [9.17, 15) is 9.90 Å². The topological polar surface area (TPSA) is 62.2 Å². The average molecular weight is 282 g/mol. The molecule has 4 heteroatoms. The van der Waals surface area contributed by atoms with Gasteiger partial charge in [-0.2, -0.15) is 0 Å². The Morgan fingerprint density at radius 3 is 2.95 bits per heavy atom. The van der Waals surface area contributed by atoms with Gasteiger partial charge in [-0.1, -0.05) is 29.8 Å². The number of fused-ring (bicyclic) bond motifs is 1. The van der Waals surface area contributed by atoms with E-state index in [1.165, 1.54) is 24.8 Å². The van der Waals surface area contributed by atoms with Crippen molar-refractivity contribution in [2.24, 2.45) is 0 Å². The lowest BCUT2D eigenvalue weighted by Gasteiger charge is -2.09. The Morgan fingerprint density at radius 1 is 1.33 bits per heavy atom. The summed E-state index contributed by atoms with van der Waals surface area (Å²) in [6.45, 7) is 0.788. The molecule has 1 aliphatic carbocycles. The van der Waals surface area contributed by atoms with Crippen molar-refractivity contribution in [1.29, 1.82) is 0 Å². The maximum Gasteiger partial charge on any atom is 0.336 e. The third-order valence-electron chi connectivity index (χ3n) is 3.83. The van der Waals surface area contributed by atoms with Crippen LogP contribution in [0.5, 0.6) is 0 Å². The Balaban J connectivity index is 1.80. The molecule has 0 amide bonds. The highest BCUT2D eigenvalue weighted by Crippen LogP contribution is 2.22. The van der Waals surface area contributed by atoms with E-state index in [4.69, 9.17) is 0 Å². The number of aromatic nitrogens is 1. The molecule has 0 aliphatic heterocycles. The summed E-state index contributed by atoms with van der Waals surface area (Å²) in [6, 6.07) is 8.95. The number of hydrogen-bond donors (Lipinski definition) is 2. The monoisotopic (exact) mass is 282 g/mol. The van der Waals surface area contributed by atoms with E-state index >= 15 is 0 Å². The van der Waals surface area contributed by atoms with Crippen LogP contribution in [0.25, 0.3) is 10.9 Å². The van der Waals surface area contributed by atoms with Gasteiger partial charge in [-0.3, -0.25) is 0 Å². The minimum absolute atomic E-state index is 0.295. The van der Waals surface area contributed by atoms with Crippen LogP contribution in [0.2, 0.25) is 0 Å². The Kier molecular flexibility index (Phi) is 3.86. The molecule has 1 heterocycles. The summed E-state index contributed by atoms with van der Waals surface area (Å²) >= 11 is 0. The zero-order valence-corrected chi connectivity index (χ0v) is 11.8. The lowest BCUT2D eigenvalue weighted by Crippen LogP contribution is -2.07. The molecule has 0 unspecified atom stereocenters. The van der Waals surface area contributed by atoms with Crippen molar-refractivity contribution in [3.8, 4) is 0 Å². The molecule has 108 valence electrons. The summed E-state index contributed by atoms with van der Waals surface area (Å²) in [5.74, 6) is -0.292. The van der Waals surface area contributed by atoms with Crippen molar-refractivity contribution in [2.75, 3.05) is 11.9 Å². The highest BCUT2D eigenvalue weighted by atomic mass is 16.4. The molecule has 1 aromatic heterocycles. The number of hydrogen-bond acceptors (Lipinski definition) is 3. The second-order valence-corrected chi connectivity index (χ2v) is 5.31. The van der Waals surface area contributed by atoms with Gasteiger partial charge < -0.3 is 10.4 Å². The number of carboxylic acid groups (broad SMARTS) is 1. The number of benzene rings is 1. The number of nitrogens with zero attached hydrogens (tertiary/aromatic N) is 1. The number of nitrogens with one attached hydrogen (secondary N) is 1. The summed E-state index contributed by atoms with van der Waals surface area (Å²) in [6.07, 6.45) is 6.93. The van der Waals surface area contributed by atoms with Gasteiger partial charge in [-0.25, -0.2) is 9.78 Å². The van der Waals surface area contributed by atoms with E-state index in [0.717, 1.165) is 13.0 Å². The summed E-state index contributed by atoms with van der Waals surface area (Å²) in [7, 11) is 0. The van der Waals surface area contributed by atoms with Crippen molar-refractivity contribution in [3.05, 3.63) is 47.5 Å².